The van der Waals surface area contributed by atoms with Gasteiger partial charge in [-0.2, -0.15) is 0 Å². The van der Waals surface area contributed by atoms with E-state index in [-0.39, 0.29) is 4.90 Å². The highest BCUT2D eigenvalue weighted by atomic mass is 32.2. The molecule has 2 N–H and O–H groups in total. The third-order valence-electron chi connectivity index (χ3n) is 3.22. The van der Waals surface area contributed by atoms with Crippen molar-refractivity contribution in [2.45, 2.75) is 18.2 Å². The van der Waals surface area contributed by atoms with E-state index in [0.717, 1.165) is 26.1 Å². The average molecular weight is 314 g/mol. The first-order chi connectivity index (χ1) is 10.0. The van der Waals surface area contributed by atoms with E-state index in [0.29, 0.717) is 19.0 Å². The van der Waals surface area contributed by atoms with E-state index in [1.165, 1.54) is 12.4 Å². The lowest BCUT2D eigenvalue weighted by Crippen LogP contribution is -2.52. The third kappa shape index (κ3) is 4.60. The van der Waals surface area contributed by atoms with Gasteiger partial charge in [-0.3, -0.25) is 0 Å². The van der Waals surface area contributed by atoms with Gasteiger partial charge < -0.3 is 10.2 Å². The molecular formula is C12H22N6O2S. The predicted octanol–water partition coefficient (Wildman–Crippen LogP) is -0.261. The average Bonchev–Trinajstić information content (AvgIpc) is 2.48. The summed E-state index contributed by atoms with van der Waals surface area (Å²) in [5.41, 5.74) is 0. The molecule has 1 aromatic heterocycles. The summed E-state index contributed by atoms with van der Waals surface area (Å²) in [7, 11) is -1.59. The summed E-state index contributed by atoms with van der Waals surface area (Å²) in [6.45, 7) is 5.77. The van der Waals surface area contributed by atoms with Gasteiger partial charge in [-0.05, 0) is 13.5 Å². The van der Waals surface area contributed by atoms with Crippen LogP contribution in [-0.2, 0) is 10.0 Å². The van der Waals surface area contributed by atoms with Gasteiger partial charge in [0.15, 0.2) is 0 Å². The Hall–Kier alpha value is -1.29. The molecule has 0 spiro atoms. The third-order valence-corrected chi connectivity index (χ3v) is 4.55. The molecule has 0 atom stereocenters. The van der Waals surface area contributed by atoms with E-state index in [1.54, 1.807) is 5.01 Å². The van der Waals surface area contributed by atoms with E-state index >= 15 is 0 Å². The van der Waals surface area contributed by atoms with E-state index in [4.69, 9.17) is 0 Å². The van der Waals surface area contributed by atoms with Gasteiger partial charge in [-0.1, -0.05) is 6.92 Å². The van der Waals surface area contributed by atoms with Crippen LogP contribution in [0.5, 0.6) is 0 Å². The van der Waals surface area contributed by atoms with Crippen LogP contribution < -0.4 is 10.1 Å². The smallest absolute Gasteiger partial charge is 0.256 e. The molecule has 1 aliphatic rings. The number of nitrogens with one attached hydrogen (secondary N) is 2. The molecule has 0 unspecified atom stereocenters. The molecule has 2 heterocycles. The molecule has 0 aliphatic carbocycles. The minimum absolute atomic E-state index is 0.0727. The van der Waals surface area contributed by atoms with Crippen LogP contribution in [0.15, 0.2) is 17.3 Å². The first-order valence-corrected chi connectivity index (χ1v) is 8.51. The lowest BCUT2D eigenvalue weighted by molar-refractivity contribution is 0.135. The van der Waals surface area contributed by atoms with E-state index < -0.39 is 10.0 Å². The Bertz CT molecular complexity index is 539. The summed E-state index contributed by atoms with van der Waals surface area (Å²) in [6.07, 6.45) is 3.60. The van der Waals surface area contributed by atoms with Crippen LogP contribution in [0, 0.1) is 0 Å². The van der Waals surface area contributed by atoms with Crippen molar-refractivity contribution in [2.24, 2.45) is 0 Å². The molecule has 0 aromatic carbocycles. The van der Waals surface area contributed by atoms with Crippen LogP contribution in [0.3, 0.4) is 0 Å². The Morgan fingerprint density at radius 3 is 2.38 bits per heavy atom. The number of anilines is 1. The highest BCUT2D eigenvalue weighted by Crippen LogP contribution is 2.09. The zero-order valence-corrected chi connectivity index (χ0v) is 13.2. The maximum atomic E-state index is 12.2. The number of rotatable bonds is 6. The van der Waals surface area contributed by atoms with Crippen LogP contribution >= 0.6 is 0 Å². The summed E-state index contributed by atoms with van der Waals surface area (Å²) in [4.78, 5) is 12.8. The molecule has 1 fully saturated rings. The summed E-state index contributed by atoms with van der Waals surface area (Å²) < 4.78 is 24.5. The molecule has 2 rings (SSSR count). The minimum atomic E-state index is -3.61. The van der Waals surface area contributed by atoms with Crippen LogP contribution in [0.2, 0.25) is 0 Å². The first kappa shape index (κ1) is 16.1. The number of sulfonamides is 1. The SMILES string of the molecule is CCCNc1ncc(S(=O)(=O)NN2CCN(C)CC2)cn1. The maximum absolute atomic E-state index is 12.2. The second-order valence-corrected chi connectivity index (χ2v) is 6.72. The highest BCUT2D eigenvalue weighted by Gasteiger charge is 2.22. The van der Waals surface area contributed by atoms with Crippen molar-refractivity contribution >= 4 is 16.0 Å². The predicted molar refractivity (Wildman–Crippen MR) is 80.2 cm³/mol. The number of likely N-dealkylation sites (N-methyl/N-ethyl adjacent to an activating group) is 1. The molecule has 0 amide bonds. The van der Waals surface area contributed by atoms with E-state index in [9.17, 15) is 8.42 Å². The molecule has 1 aromatic rings. The topological polar surface area (TPSA) is 90.5 Å². The lowest BCUT2D eigenvalue weighted by Gasteiger charge is -2.31. The van der Waals surface area contributed by atoms with Crippen LogP contribution in [0.4, 0.5) is 5.95 Å². The van der Waals surface area contributed by atoms with Gasteiger partial charge in [0.1, 0.15) is 4.90 Å². The zero-order valence-electron chi connectivity index (χ0n) is 12.4. The summed E-state index contributed by atoms with van der Waals surface area (Å²) in [6, 6.07) is 0. The molecule has 118 valence electrons. The fraction of sp³-hybridized carbons (Fsp3) is 0.667. The van der Waals surface area contributed by atoms with Crippen molar-refractivity contribution < 1.29 is 8.42 Å². The van der Waals surface area contributed by atoms with Gasteiger partial charge in [0.25, 0.3) is 10.0 Å². The Balaban J connectivity index is 1.98. The summed E-state index contributed by atoms with van der Waals surface area (Å²) in [5, 5.41) is 4.71. The van der Waals surface area contributed by atoms with Crippen molar-refractivity contribution in [3.63, 3.8) is 0 Å². The van der Waals surface area contributed by atoms with Gasteiger partial charge >= 0.3 is 0 Å². The van der Waals surface area contributed by atoms with Crippen molar-refractivity contribution in [1.82, 2.24) is 24.7 Å². The fourth-order valence-corrected chi connectivity index (χ4v) is 2.91. The first-order valence-electron chi connectivity index (χ1n) is 7.03. The van der Waals surface area contributed by atoms with Gasteiger partial charge in [0, 0.05) is 32.7 Å². The molecule has 0 radical (unpaired) electrons. The highest BCUT2D eigenvalue weighted by molar-refractivity contribution is 7.89. The minimum Gasteiger partial charge on any atom is -0.354 e. The number of piperazine rings is 1. The Kier molecular flexibility index (Phi) is 5.45. The van der Waals surface area contributed by atoms with E-state index in [2.05, 4.69) is 25.0 Å². The van der Waals surface area contributed by atoms with Crippen LogP contribution in [0.1, 0.15) is 13.3 Å². The van der Waals surface area contributed by atoms with Crippen molar-refractivity contribution in [3.8, 4) is 0 Å². The second kappa shape index (κ2) is 7.12. The van der Waals surface area contributed by atoms with Crippen molar-refractivity contribution in [2.75, 3.05) is 45.1 Å². The largest absolute Gasteiger partial charge is 0.354 e. The molecule has 1 aliphatic heterocycles. The zero-order chi connectivity index (χ0) is 15.3. The Morgan fingerprint density at radius 2 is 1.81 bits per heavy atom. The molecule has 21 heavy (non-hydrogen) atoms. The molecule has 1 saturated heterocycles. The van der Waals surface area contributed by atoms with Crippen molar-refractivity contribution in [3.05, 3.63) is 12.4 Å². The Morgan fingerprint density at radius 1 is 1.19 bits per heavy atom. The quantitative estimate of drug-likeness (QED) is 0.747. The number of hydrogen-bond donors (Lipinski definition) is 2. The maximum Gasteiger partial charge on any atom is 0.256 e. The van der Waals surface area contributed by atoms with Gasteiger partial charge in [0.2, 0.25) is 5.95 Å². The molecule has 0 saturated carbocycles. The number of nitrogens with zero attached hydrogens (tertiary/aromatic N) is 4. The molecule has 8 nitrogen and oxygen atoms in total. The van der Waals surface area contributed by atoms with Gasteiger partial charge in [-0.25, -0.2) is 23.4 Å². The van der Waals surface area contributed by atoms with Gasteiger partial charge in [-0.15, -0.1) is 4.83 Å². The standard InChI is InChI=1S/C12H22N6O2S/c1-3-4-13-12-14-9-11(10-15-12)21(19,20)16-18-7-5-17(2)6-8-18/h9-10,16H,3-8H2,1-2H3,(H,13,14,15). The van der Waals surface area contributed by atoms with Gasteiger partial charge in [0.05, 0.1) is 12.4 Å². The monoisotopic (exact) mass is 314 g/mol. The normalized spacial score (nSPS) is 17.8. The number of hydrazine groups is 1. The number of aromatic nitrogens is 2. The lowest BCUT2D eigenvalue weighted by atomic mass is 10.4. The Labute approximate surface area is 125 Å². The summed E-state index contributed by atoms with van der Waals surface area (Å²) in [5.74, 6) is 0.440. The van der Waals surface area contributed by atoms with Crippen LogP contribution in [0.25, 0.3) is 0 Å². The fourth-order valence-electron chi connectivity index (χ4n) is 1.90. The number of hydrogen-bond acceptors (Lipinski definition) is 7. The molecular weight excluding hydrogens is 292 g/mol. The second-order valence-electron chi connectivity index (χ2n) is 5.05. The van der Waals surface area contributed by atoms with Crippen molar-refractivity contribution in [1.29, 1.82) is 0 Å². The van der Waals surface area contributed by atoms with E-state index in [1.807, 2.05) is 14.0 Å². The molecule has 9 heteroatoms. The molecule has 0 bridgehead atoms. The summed E-state index contributed by atoms with van der Waals surface area (Å²) >= 11 is 0. The van der Waals surface area contributed by atoms with Crippen LogP contribution in [-0.4, -0.2) is 68.1 Å².